The van der Waals surface area contributed by atoms with Crippen LogP contribution in [-0.2, 0) is 19.9 Å². The summed E-state index contributed by atoms with van der Waals surface area (Å²) in [6, 6.07) is 7.34. The van der Waals surface area contributed by atoms with Crippen molar-refractivity contribution < 1.29 is 24.0 Å². The number of hydrogen-bond donors (Lipinski definition) is 3. The van der Waals surface area contributed by atoms with E-state index in [1.807, 2.05) is 0 Å². The van der Waals surface area contributed by atoms with Gasteiger partial charge in [0.2, 0.25) is 0 Å². The van der Waals surface area contributed by atoms with Crippen LogP contribution in [0.3, 0.4) is 0 Å². The molecule has 0 bridgehead atoms. The molecule has 30 heavy (non-hydrogen) atoms. The molecular weight excluding hydrogens is 390 g/mol. The Morgan fingerprint density at radius 2 is 1.67 bits per heavy atom. The molecule has 3 fully saturated rings. The van der Waals surface area contributed by atoms with Crippen LogP contribution in [0.2, 0.25) is 0 Å². The number of hydrazine groups is 1. The van der Waals surface area contributed by atoms with Gasteiger partial charge in [0.1, 0.15) is 17.6 Å². The standard InChI is InChI=1S/C20H23N5O5/c1-2-20(13-8-4-3-5-9-13)16(28)25(18(30)22-20)23-14(26)12-24-15(27)19(21-17(24)29)10-6-7-11-19/h3-5,8-9H,2,6-7,10-12H2,1H3,(H,21,29)(H,22,30)(H,23,26). The van der Waals surface area contributed by atoms with Crippen LogP contribution < -0.4 is 16.1 Å². The Kier molecular flexibility index (Phi) is 4.71. The molecule has 158 valence electrons. The number of benzene rings is 1. The average Bonchev–Trinajstić information content (AvgIpc) is 3.37. The highest BCUT2D eigenvalue weighted by Gasteiger charge is 2.54. The SMILES string of the molecule is CCC1(c2ccccc2)NC(=O)N(NC(=O)CN2C(=O)NC3(CCCC3)C2=O)C1=O. The van der Waals surface area contributed by atoms with Gasteiger partial charge in [0.05, 0.1) is 0 Å². The molecule has 1 aromatic rings. The van der Waals surface area contributed by atoms with Crippen LogP contribution in [0, 0.1) is 0 Å². The second-order valence-corrected chi connectivity index (χ2v) is 7.84. The molecule has 2 heterocycles. The number of nitrogens with one attached hydrogen (secondary N) is 3. The largest absolute Gasteiger partial charge is 0.344 e. The molecule has 1 saturated carbocycles. The summed E-state index contributed by atoms with van der Waals surface area (Å²) >= 11 is 0. The Hall–Kier alpha value is -3.43. The molecule has 1 spiro atoms. The molecule has 0 aromatic heterocycles. The van der Waals surface area contributed by atoms with Crippen LogP contribution in [-0.4, -0.2) is 51.8 Å². The zero-order chi connectivity index (χ0) is 21.5. The Bertz CT molecular complexity index is 927. The molecule has 2 saturated heterocycles. The third-order valence-electron chi connectivity index (χ3n) is 6.13. The number of urea groups is 2. The third kappa shape index (κ3) is 2.90. The minimum Gasteiger partial charge on any atom is -0.323 e. The van der Waals surface area contributed by atoms with Crippen molar-refractivity contribution in [3.8, 4) is 0 Å². The first-order chi connectivity index (χ1) is 14.3. The van der Waals surface area contributed by atoms with Crippen molar-refractivity contribution in [2.75, 3.05) is 6.54 Å². The van der Waals surface area contributed by atoms with Crippen LogP contribution >= 0.6 is 0 Å². The average molecular weight is 413 g/mol. The fourth-order valence-electron chi connectivity index (χ4n) is 4.48. The number of rotatable bonds is 5. The lowest BCUT2D eigenvalue weighted by molar-refractivity contribution is -0.141. The Morgan fingerprint density at radius 3 is 2.30 bits per heavy atom. The number of carbonyl (C=O) groups excluding carboxylic acids is 5. The van der Waals surface area contributed by atoms with Gasteiger partial charge in [-0.25, -0.2) is 9.59 Å². The highest BCUT2D eigenvalue weighted by Crippen LogP contribution is 2.35. The van der Waals surface area contributed by atoms with Gasteiger partial charge in [0.15, 0.2) is 0 Å². The second-order valence-electron chi connectivity index (χ2n) is 7.84. The van der Waals surface area contributed by atoms with Crippen molar-refractivity contribution >= 4 is 29.8 Å². The van der Waals surface area contributed by atoms with Gasteiger partial charge in [0, 0.05) is 0 Å². The predicted molar refractivity (Wildman–Crippen MR) is 103 cm³/mol. The van der Waals surface area contributed by atoms with Crippen molar-refractivity contribution in [3.63, 3.8) is 0 Å². The van der Waals surface area contributed by atoms with E-state index in [2.05, 4.69) is 16.1 Å². The van der Waals surface area contributed by atoms with Crippen LogP contribution in [0.25, 0.3) is 0 Å². The van der Waals surface area contributed by atoms with Crippen LogP contribution in [0.4, 0.5) is 9.59 Å². The number of amides is 7. The van der Waals surface area contributed by atoms with E-state index in [1.165, 1.54) is 0 Å². The molecule has 10 nitrogen and oxygen atoms in total. The van der Waals surface area contributed by atoms with E-state index in [-0.39, 0.29) is 6.42 Å². The first-order valence-electron chi connectivity index (χ1n) is 9.99. The Morgan fingerprint density at radius 1 is 1.00 bits per heavy atom. The zero-order valence-corrected chi connectivity index (χ0v) is 16.6. The maximum Gasteiger partial charge on any atom is 0.344 e. The molecule has 1 aliphatic carbocycles. The summed E-state index contributed by atoms with van der Waals surface area (Å²) in [5, 5.41) is 5.95. The van der Waals surface area contributed by atoms with Gasteiger partial charge in [-0.2, -0.15) is 5.01 Å². The molecule has 2 aliphatic heterocycles. The summed E-state index contributed by atoms with van der Waals surface area (Å²) in [5.41, 5.74) is 0.621. The van der Waals surface area contributed by atoms with Gasteiger partial charge >= 0.3 is 12.1 Å². The number of carbonyl (C=O) groups is 5. The van der Waals surface area contributed by atoms with Crippen LogP contribution in [0.5, 0.6) is 0 Å². The van der Waals surface area contributed by atoms with Crippen molar-refractivity contribution in [2.45, 2.75) is 50.1 Å². The maximum absolute atomic E-state index is 13.0. The highest BCUT2D eigenvalue weighted by atomic mass is 16.2. The van der Waals surface area contributed by atoms with Gasteiger partial charge in [-0.3, -0.25) is 24.7 Å². The van der Waals surface area contributed by atoms with Gasteiger partial charge in [0.25, 0.3) is 17.7 Å². The van der Waals surface area contributed by atoms with E-state index in [4.69, 9.17) is 0 Å². The quantitative estimate of drug-likeness (QED) is 0.614. The van der Waals surface area contributed by atoms with Gasteiger partial charge in [-0.1, -0.05) is 50.1 Å². The molecule has 7 amide bonds. The van der Waals surface area contributed by atoms with Gasteiger partial charge < -0.3 is 10.6 Å². The van der Waals surface area contributed by atoms with E-state index in [0.29, 0.717) is 23.4 Å². The molecule has 3 N–H and O–H groups in total. The van der Waals surface area contributed by atoms with E-state index in [0.717, 1.165) is 17.7 Å². The van der Waals surface area contributed by atoms with Crippen molar-refractivity contribution in [1.82, 2.24) is 26.0 Å². The number of nitrogens with zero attached hydrogens (tertiary/aromatic N) is 2. The molecule has 1 unspecified atom stereocenters. The topological polar surface area (TPSA) is 128 Å². The van der Waals surface area contributed by atoms with E-state index in [1.54, 1.807) is 37.3 Å². The first kappa shape index (κ1) is 19.9. The van der Waals surface area contributed by atoms with Crippen molar-refractivity contribution in [3.05, 3.63) is 35.9 Å². The minimum atomic E-state index is -1.29. The fraction of sp³-hybridized carbons (Fsp3) is 0.450. The fourth-order valence-corrected chi connectivity index (χ4v) is 4.48. The number of hydrogen-bond acceptors (Lipinski definition) is 5. The summed E-state index contributed by atoms with van der Waals surface area (Å²) in [4.78, 5) is 63.8. The molecular formula is C20H23N5O5. The summed E-state index contributed by atoms with van der Waals surface area (Å²) in [6.07, 6.45) is 3.02. The summed E-state index contributed by atoms with van der Waals surface area (Å²) in [7, 11) is 0. The number of imide groups is 2. The molecule has 1 atom stereocenters. The molecule has 10 heteroatoms. The summed E-state index contributed by atoms with van der Waals surface area (Å²) < 4.78 is 0. The van der Waals surface area contributed by atoms with Crippen LogP contribution in [0.1, 0.15) is 44.6 Å². The minimum absolute atomic E-state index is 0.281. The Labute approximate surface area is 172 Å². The summed E-state index contributed by atoms with van der Waals surface area (Å²) in [5.74, 6) is -1.87. The molecule has 4 rings (SSSR count). The van der Waals surface area contributed by atoms with Crippen molar-refractivity contribution in [2.24, 2.45) is 0 Å². The first-order valence-corrected chi connectivity index (χ1v) is 9.99. The lowest BCUT2D eigenvalue weighted by Gasteiger charge is -2.25. The lowest BCUT2D eigenvalue weighted by Crippen LogP contribution is -2.52. The third-order valence-corrected chi connectivity index (χ3v) is 6.13. The zero-order valence-electron chi connectivity index (χ0n) is 16.6. The summed E-state index contributed by atoms with van der Waals surface area (Å²) in [6.45, 7) is 1.18. The molecule has 0 radical (unpaired) electrons. The van der Waals surface area contributed by atoms with E-state index in [9.17, 15) is 24.0 Å². The van der Waals surface area contributed by atoms with Crippen LogP contribution in [0.15, 0.2) is 30.3 Å². The van der Waals surface area contributed by atoms with Gasteiger partial charge in [-0.15, -0.1) is 0 Å². The second kappa shape index (κ2) is 7.12. The maximum atomic E-state index is 13.0. The normalized spacial score (nSPS) is 25.1. The monoisotopic (exact) mass is 413 g/mol. The van der Waals surface area contributed by atoms with E-state index < -0.39 is 47.4 Å². The predicted octanol–water partition coefficient (Wildman–Crippen LogP) is 0.740. The van der Waals surface area contributed by atoms with Crippen molar-refractivity contribution in [1.29, 1.82) is 0 Å². The molecule has 3 aliphatic rings. The highest BCUT2D eigenvalue weighted by molar-refractivity contribution is 6.11. The smallest absolute Gasteiger partial charge is 0.323 e. The van der Waals surface area contributed by atoms with Gasteiger partial charge in [-0.05, 0) is 24.8 Å². The van der Waals surface area contributed by atoms with E-state index >= 15 is 0 Å². The molecule has 1 aromatic carbocycles. The lowest BCUT2D eigenvalue weighted by atomic mass is 9.87. The Balaban J connectivity index is 1.47.